The summed E-state index contributed by atoms with van der Waals surface area (Å²) in [6, 6.07) is 0. The van der Waals surface area contributed by atoms with Gasteiger partial charge in [-0.05, 0) is 86.9 Å². The number of hydrogen-bond acceptors (Lipinski definition) is 27. The third-order valence-corrected chi connectivity index (χ3v) is 18.2. The molecule has 1 N–H and O–H groups in total. The van der Waals surface area contributed by atoms with E-state index in [-0.39, 0.29) is 28.6 Å². The van der Waals surface area contributed by atoms with Crippen molar-refractivity contribution >= 4 is 65.7 Å². The van der Waals surface area contributed by atoms with Gasteiger partial charge in [0.05, 0.1) is 11.0 Å². The SMILES string of the molecule is CC(=O)OC[C@H]1O[C@@H](O[C@@H]2[C@@H](O[C@@H]3O[C@H](COC(C)=O)[C@@H](OC(C)=O)[C@H](OC(C)=O)[C@H]3OC(C)=O)[C@H](O[C@]34CC[C@@H]5[C@](CC[C@H]6[C@@]5(C)CCC[C@@]6(C)C(=O)O)(CC3C)C4)O[C@H](COC(C)=O)[C@H]2OC(C)=O)[C@H](OC(C)=O)[C@@H](OC(C)=O)[C@@H]1OC(C)=O. The number of esters is 10. The molecule has 7 fully saturated rings. The van der Waals surface area contributed by atoms with Gasteiger partial charge in [-0.1, -0.05) is 20.3 Å². The normalized spacial score (nSPS) is 39.7. The van der Waals surface area contributed by atoms with Crippen molar-refractivity contribution in [1.82, 2.24) is 0 Å². The van der Waals surface area contributed by atoms with E-state index in [1.54, 1.807) is 0 Å². The maximum atomic E-state index is 13.5. The minimum absolute atomic E-state index is 0.0649. The summed E-state index contributed by atoms with van der Waals surface area (Å²) in [5.74, 6) is -10.5. The van der Waals surface area contributed by atoms with Crippen LogP contribution in [-0.4, -0.2) is 188 Å². The molecule has 2 bridgehead atoms. The summed E-state index contributed by atoms with van der Waals surface area (Å²) in [6.45, 7) is 14.4. The van der Waals surface area contributed by atoms with E-state index in [0.29, 0.717) is 44.9 Å². The van der Waals surface area contributed by atoms with Gasteiger partial charge >= 0.3 is 65.7 Å². The van der Waals surface area contributed by atoms with Crippen molar-refractivity contribution in [1.29, 1.82) is 0 Å². The highest BCUT2D eigenvalue weighted by Crippen LogP contribution is 2.74. The maximum absolute atomic E-state index is 13.5. The van der Waals surface area contributed by atoms with Crippen molar-refractivity contribution in [3.8, 4) is 0 Å². The van der Waals surface area contributed by atoms with E-state index in [1.165, 1.54) is 0 Å². The molecular weight excluding hydrogens is 1140 g/mol. The minimum atomic E-state index is -2.06. The van der Waals surface area contributed by atoms with Crippen LogP contribution in [0.2, 0.25) is 0 Å². The first kappa shape index (κ1) is 67.4. The van der Waals surface area contributed by atoms with Gasteiger partial charge in [-0.2, -0.15) is 0 Å². The van der Waals surface area contributed by atoms with Crippen molar-refractivity contribution in [2.24, 2.45) is 34.0 Å². The van der Waals surface area contributed by atoms with Crippen molar-refractivity contribution in [2.75, 3.05) is 19.8 Å². The number of rotatable bonds is 20. The summed E-state index contributed by atoms with van der Waals surface area (Å²) < 4.78 is 97.9. The molecule has 86 heavy (non-hydrogen) atoms. The Labute approximate surface area is 497 Å². The zero-order valence-corrected chi connectivity index (χ0v) is 50.8. The molecule has 3 saturated heterocycles. The molecule has 28 heteroatoms. The van der Waals surface area contributed by atoms with E-state index in [1.807, 2.05) is 13.8 Å². The zero-order chi connectivity index (χ0) is 63.5. The van der Waals surface area contributed by atoms with Crippen molar-refractivity contribution in [3.63, 3.8) is 0 Å². The molecule has 7 aliphatic rings. The first-order valence-electron chi connectivity index (χ1n) is 29.0. The van der Waals surface area contributed by atoms with Crippen LogP contribution >= 0.6 is 0 Å². The number of carboxylic acids is 1. The number of carbonyl (C=O) groups is 11. The van der Waals surface area contributed by atoms with Crippen molar-refractivity contribution in [3.05, 3.63) is 0 Å². The Morgan fingerprint density at radius 1 is 0.430 bits per heavy atom. The average Bonchev–Trinajstić information content (AvgIpc) is 1.41. The molecule has 3 heterocycles. The van der Waals surface area contributed by atoms with Crippen molar-refractivity contribution < 1.29 is 134 Å². The molecule has 482 valence electrons. The van der Waals surface area contributed by atoms with Gasteiger partial charge < -0.3 is 80.9 Å². The van der Waals surface area contributed by atoms with E-state index in [9.17, 15) is 57.8 Å². The van der Waals surface area contributed by atoms with Crippen LogP contribution in [0.1, 0.15) is 148 Å². The van der Waals surface area contributed by atoms with Crippen LogP contribution in [0.4, 0.5) is 0 Å². The molecule has 0 aromatic carbocycles. The summed E-state index contributed by atoms with van der Waals surface area (Å²) in [5.41, 5.74) is -2.80. The fraction of sp³-hybridized carbons (Fsp3) is 0.810. The molecule has 7 rings (SSSR count). The van der Waals surface area contributed by atoms with Crippen LogP contribution in [0.3, 0.4) is 0 Å². The molecular formula is C58H82O28. The van der Waals surface area contributed by atoms with Crippen LogP contribution in [-0.2, 0) is 129 Å². The Morgan fingerprint density at radius 3 is 1.21 bits per heavy atom. The van der Waals surface area contributed by atoms with E-state index in [2.05, 4.69) is 6.92 Å². The van der Waals surface area contributed by atoms with Crippen LogP contribution in [0.25, 0.3) is 0 Å². The van der Waals surface area contributed by atoms with Crippen LogP contribution < -0.4 is 0 Å². The predicted octanol–water partition coefficient (Wildman–Crippen LogP) is 3.42. The second-order valence-electron chi connectivity index (χ2n) is 24.3. The van der Waals surface area contributed by atoms with Gasteiger partial charge in [0, 0.05) is 69.2 Å². The summed E-state index contributed by atoms with van der Waals surface area (Å²) in [4.78, 5) is 142. The highest BCUT2D eigenvalue weighted by atomic mass is 16.8. The van der Waals surface area contributed by atoms with Crippen LogP contribution in [0.15, 0.2) is 0 Å². The molecule has 0 amide bonds. The smallest absolute Gasteiger partial charge is 0.309 e. The molecule has 4 saturated carbocycles. The first-order valence-corrected chi connectivity index (χ1v) is 29.0. The van der Waals surface area contributed by atoms with Gasteiger partial charge in [-0.25, -0.2) is 0 Å². The molecule has 1 spiro atoms. The average molecular weight is 1230 g/mol. The number of hydrogen-bond donors (Lipinski definition) is 1. The van der Waals surface area contributed by atoms with Gasteiger partial charge in [-0.3, -0.25) is 52.7 Å². The fourth-order valence-electron chi connectivity index (χ4n) is 15.3. The van der Waals surface area contributed by atoms with Gasteiger partial charge in [0.2, 0.25) is 0 Å². The highest BCUT2D eigenvalue weighted by Gasteiger charge is 2.70. The molecule has 0 aromatic heterocycles. The minimum Gasteiger partial charge on any atom is -0.481 e. The molecule has 0 aromatic rings. The van der Waals surface area contributed by atoms with Gasteiger partial charge in [0.1, 0.15) is 50.3 Å². The summed E-state index contributed by atoms with van der Waals surface area (Å²) in [7, 11) is 0. The molecule has 22 atom stereocenters. The molecule has 0 radical (unpaired) electrons. The monoisotopic (exact) mass is 1230 g/mol. The number of aliphatic carboxylic acids is 1. The summed E-state index contributed by atoms with van der Waals surface area (Å²) >= 11 is 0. The number of carbonyl (C=O) groups excluding carboxylic acids is 10. The zero-order valence-electron chi connectivity index (χ0n) is 50.8. The first-order chi connectivity index (χ1) is 40.2. The van der Waals surface area contributed by atoms with Gasteiger partial charge in [0.25, 0.3) is 0 Å². The molecule has 3 aliphatic heterocycles. The second kappa shape index (κ2) is 27.1. The van der Waals surface area contributed by atoms with Gasteiger partial charge in [-0.15, -0.1) is 0 Å². The van der Waals surface area contributed by atoms with E-state index >= 15 is 0 Å². The highest BCUT2D eigenvalue weighted by molar-refractivity contribution is 5.75. The lowest BCUT2D eigenvalue weighted by atomic mass is 9.41. The number of fused-ring (bicyclic) bond motifs is 3. The van der Waals surface area contributed by atoms with E-state index < -0.39 is 189 Å². The van der Waals surface area contributed by atoms with Crippen LogP contribution in [0.5, 0.6) is 0 Å². The predicted molar refractivity (Wildman–Crippen MR) is 282 cm³/mol. The molecule has 1 unspecified atom stereocenters. The Kier molecular flexibility index (Phi) is 21.3. The number of ether oxygens (including phenoxy) is 16. The second-order valence-corrected chi connectivity index (χ2v) is 24.3. The lowest BCUT2D eigenvalue weighted by molar-refractivity contribution is -0.402. The number of carboxylic acid groups (broad SMARTS) is 1. The Balaban J connectivity index is 1.44. The van der Waals surface area contributed by atoms with E-state index in [4.69, 9.17) is 75.8 Å². The Hall–Kier alpha value is -6.07. The third-order valence-electron chi connectivity index (χ3n) is 18.2. The molecule has 28 nitrogen and oxygen atoms in total. The summed E-state index contributed by atoms with van der Waals surface area (Å²) in [6.07, 6.45) is -21.7. The Bertz CT molecular complexity index is 2590. The van der Waals surface area contributed by atoms with Gasteiger partial charge in [0.15, 0.2) is 61.6 Å². The van der Waals surface area contributed by atoms with E-state index in [0.717, 1.165) is 82.1 Å². The van der Waals surface area contributed by atoms with Crippen molar-refractivity contribution in [2.45, 2.75) is 246 Å². The standard InChI is InChI=1S/C58H82O28/c1-26-21-57-19-15-40-55(12,17-14-18-56(40,13)54(69)70)41(57)16-20-58(26,25-57)86-53-50(85-52-49(80-36(11)68)46(78-34(9)66)43(75-31(6)63)38(82-52)23-72-28(3)60)47(44(76-32(7)64)39(83-53)24-73-29(4)61)84-51-48(79-35(10)67)45(77-33(8)65)42(74-30(5)62)37(81-51)22-71-27(2)59/h26,37-53H,14-25H2,1-13H3,(H,69,70)/t26?,37-,38-,39-,40+,41+,42-,43-,44-,45+,46+,47+,48-,49-,50-,51+,52+,53+,55-,56-,57-,58+/m1/s1. The Morgan fingerprint density at radius 2 is 0.802 bits per heavy atom. The fourth-order valence-corrected chi connectivity index (χ4v) is 15.3. The molecule has 4 aliphatic carbocycles. The lowest BCUT2D eigenvalue weighted by Gasteiger charge is -2.64. The maximum Gasteiger partial charge on any atom is 0.309 e. The third kappa shape index (κ3) is 14.7. The quantitative estimate of drug-likeness (QED) is 0.104. The topological polar surface area (TPSA) is 356 Å². The van der Waals surface area contributed by atoms with Crippen LogP contribution in [0, 0.1) is 34.0 Å². The largest absolute Gasteiger partial charge is 0.481 e. The lowest BCUT2D eigenvalue weighted by Crippen LogP contribution is -2.69. The summed E-state index contributed by atoms with van der Waals surface area (Å²) in [5, 5.41) is 10.7.